The second-order valence-electron chi connectivity index (χ2n) is 7.55. The van der Waals surface area contributed by atoms with E-state index in [-0.39, 0.29) is 37.7 Å². The number of anilines is 1. The number of rotatable bonds is 11. The molecule has 2 rings (SSSR count). The maximum Gasteiger partial charge on any atom is 0.242 e. The zero-order chi connectivity index (χ0) is 24.6. The first-order chi connectivity index (χ1) is 15.6. The van der Waals surface area contributed by atoms with Crippen molar-refractivity contribution in [3.8, 4) is 5.75 Å². The summed E-state index contributed by atoms with van der Waals surface area (Å²) in [6, 6.07) is 11.7. The first-order valence-corrected chi connectivity index (χ1v) is 12.3. The molecule has 2 amide bonds. The van der Waals surface area contributed by atoms with E-state index in [1.807, 2.05) is 0 Å². The third-order valence-electron chi connectivity index (χ3n) is 5.19. The topological polar surface area (TPSA) is 96.0 Å². The highest BCUT2D eigenvalue weighted by molar-refractivity contribution is 7.92. The number of hydrogen-bond acceptors (Lipinski definition) is 5. The van der Waals surface area contributed by atoms with Crippen LogP contribution >= 0.6 is 0 Å². The molecule has 0 aliphatic heterocycles. The summed E-state index contributed by atoms with van der Waals surface area (Å²) in [5.74, 6) is -0.644. The van der Waals surface area contributed by atoms with Crippen molar-refractivity contribution in [2.24, 2.45) is 0 Å². The molecule has 0 unspecified atom stereocenters. The van der Waals surface area contributed by atoms with E-state index >= 15 is 0 Å². The molecule has 0 radical (unpaired) electrons. The Balaban J connectivity index is 2.16. The molecule has 0 aliphatic rings. The molecule has 0 saturated heterocycles. The van der Waals surface area contributed by atoms with Crippen LogP contribution in [-0.2, 0) is 26.2 Å². The van der Waals surface area contributed by atoms with Gasteiger partial charge in [-0.15, -0.1) is 0 Å². The van der Waals surface area contributed by atoms with Crippen molar-refractivity contribution in [1.82, 2.24) is 10.2 Å². The summed E-state index contributed by atoms with van der Waals surface area (Å²) in [6.45, 7) is 1.79. The number of hydrogen-bond donors (Lipinski definition) is 1. The van der Waals surface area contributed by atoms with Gasteiger partial charge in [-0.25, -0.2) is 12.8 Å². The molecule has 10 heteroatoms. The second-order valence-corrected chi connectivity index (χ2v) is 9.46. The fourth-order valence-electron chi connectivity index (χ4n) is 3.40. The lowest BCUT2D eigenvalue weighted by atomic mass is 10.1. The lowest BCUT2D eigenvalue weighted by molar-refractivity contribution is -0.140. The smallest absolute Gasteiger partial charge is 0.242 e. The van der Waals surface area contributed by atoms with Gasteiger partial charge >= 0.3 is 0 Å². The second kappa shape index (κ2) is 11.6. The molecule has 0 aromatic heterocycles. The SMILES string of the molecule is CNC(=O)[C@H](C)N(Cc1ccc(F)cc1)C(=O)CCCN(c1ccccc1OC)S(C)(=O)=O. The highest BCUT2D eigenvalue weighted by Gasteiger charge is 2.26. The number of likely N-dealkylation sites (N-methyl/N-ethyl adjacent to an activating group) is 1. The van der Waals surface area contributed by atoms with E-state index in [1.165, 1.54) is 35.5 Å². The molecule has 8 nitrogen and oxygen atoms in total. The van der Waals surface area contributed by atoms with Gasteiger partial charge in [0.05, 0.1) is 19.1 Å². The molecule has 0 aliphatic carbocycles. The van der Waals surface area contributed by atoms with Crippen LogP contribution in [0.5, 0.6) is 5.75 Å². The quantitative estimate of drug-likeness (QED) is 0.534. The third-order valence-corrected chi connectivity index (χ3v) is 6.37. The van der Waals surface area contributed by atoms with Gasteiger partial charge < -0.3 is 15.0 Å². The number of amides is 2. The fraction of sp³-hybridized carbons (Fsp3) is 0.391. The standard InChI is InChI=1S/C23H30FN3O5S/c1-17(23(29)25-2)26(16-18-11-13-19(24)14-12-18)22(28)10-7-15-27(33(4,30)31)20-8-5-6-9-21(20)32-3/h5-6,8-9,11-14,17H,7,10,15-16H2,1-4H3,(H,25,29)/t17-/m0/s1. The van der Waals surface area contributed by atoms with E-state index in [2.05, 4.69) is 5.32 Å². The summed E-state index contributed by atoms with van der Waals surface area (Å²) in [4.78, 5) is 26.7. The molecule has 33 heavy (non-hydrogen) atoms. The molecule has 0 spiro atoms. The minimum Gasteiger partial charge on any atom is -0.495 e. The van der Waals surface area contributed by atoms with Gasteiger partial charge in [-0.2, -0.15) is 0 Å². The zero-order valence-electron chi connectivity index (χ0n) is 19.2. The van der Waals surface area contributed by atoms with Crippen molar-refractivity contribution in [2.45, 2.75) is 32.4 Å². The molecule has 2 aromatic carbocycles. The average molecular weight is 480 g/mol. The monoisotopic (exact) mass is 479 g/mol. The van der Waals surface area contributed by atoms with Gasteiger partial charge in [0.1, 0.15) is 17.6 Å². The Hall–Kier alpha value is -3.14. The number of nitrogens with one attached hydrogen (secondary N) is 1. The first kappa shape index (κ1) is 26.1. The summed E-state index contributed by atoms with van der Waals surface area (Å²) < 4.78 is 44.5. The van der Waals surface area contributed by atoms with Crippen LogP contribution in [0.15, 0.2) is 48.5 Å². The van der Waals surface area contributed by atoms with Crippen LogP contribution in [0.25, 0.3) is 0 Å². The van der Waals surface area contributed by atoms with E-state index in [0.717, 1.165) is 6.26 Å². The Bertz CT molecular complexity index is 1060. The van der Waals surface area contributed by atoms with E-state index in [4.69, 9.17) is 4.74 Å². The lowest BCUT2D eigenvalue weighted by Crippen LogP contribution is -2.46. The van der Waals surface area contributed by atoms with Crippen molar-refractivity contribution >= 4 is 27.5 Å². The Labute approximate surface area is 194 Å². The molecule has 2 aromatic rings. The minimum atomic E-state index is -3.63. The average Bonchev–Trinajstić information content (AvgIpc) is 2.79. The number of methoxy groups -OCH3 is 1. The van der Waals surface area contributed by atoms with Crippen molar-refractivity contribution in [3.63, 3.8) is 0 Å². The predicted molar refractivity (Wildman–Crippen MR) is 125 cm³/mol. The summed E-state index contributed by atoms with van der Waals surface area (Å²) in [6.07, 6.45) is 1.34. The van der Waals surface area contributed by atoms with Gasteiger partial charge in [-0.05, 0) is 43.2 Å². The van der Waals surface area contributed by atoms with Crippen LogP contribution < -0.4 is 14.4 Å². The van der Waals surface area contributed by atoms with Gasteiger partial charge in [0.2, 0.25) is 21.8 Å². The summed E-state index contributed by atoms with van der Waals surface area (Å²) in [7, 11) is -0.689. The van der Waals surface area contributed by atoms with E-state index < -0.39 is 21.9 Å². The highest BCUT2D eigenvalue weighted by Crippen LogP contribution is 2.29. The number of carbonyl (C=O) groups excluding carboxylic acids is 2. The van der Waals surface area contributed by atoms with Crippen LogP contribution in [0.1, 0.15) is 25.3 Å². The Morgan fingerprint density at radius 2 is 1.76 bits per heavy atom. The molecule has 0 heterocycles. The van der Waals surface area contributed by atoms with Gasteiger partial charge in [-0.1, -0.05) is 24.3 Å². The van der Waals surface area contributed by atoms with E-state index in [1.54, 1.807) is 43.3 Å². The Morgan fingerprint density at radius 3 is 2.33 bits per heavy atom. The molecule has 0 fully saturated rings. The van der Waals surface area contributed by atoms with Gasteiger partial charge in [0.25, 0.3) is 0 Å². The van der Waals surface area contributed by atoms with Crippen LogP contribution in [0.2, 0.25) is 0 Å². The molecule has 1 N–H and O–H groups in total. The number of nitrogens with zero attached hydrogens (tertiary/aromatic N) is 2. The van der Waals surface area contributed by atoms with E-state index in [0.29, 0.717) is 17.0 Å². The van der Waals surface area contributed by atoms with Crippen molar-refractivity contribution in [1.29, 1.82) is 0 Å². The van der Waals surface area contributed by atoms with Gasteiger partial charge in [0, 0.05) is 26.6 Å². The van der Waals surface area contributed by atoms with Crippen LogP contribution in [0.4, 0.5) is 10.1 Å². The number of benzene rings is 2. The van der Waals surface area contributed by atoms with Crippen LogP contribution in [0, 0.1) is 5.82 Å². The number of para-hydroxylation sites is 2. The zero-order valence-corrected chi connectivity index (χ0v) is 20.1. The molecule has 1 atom stereocenters. The maximum atomic E-state index is 13.2. The summed E-state index contributed by atoms with van der Waals surface area (Å²) in [5, 5.41) is 2.53. The molecular weight excluding hydrogens is 449 g/mol. The first-order valence-electron chi connectivity index (χ1n) is 10.4. The number of sulfonamides is 1. The number of halogens is 1. The van der Waals surface area contributed by atoms with Crippen molar-refractivity contribution in [3.05, 3.63) is 59.9 Å². The lowest BCUT2D eigenvalue weighted by Gasteiger charge is -2.29. The Kier molecular flexibility index (Phi) is 9.22. The highest BCUT2D eigenvalue weighted by atomic mass is 32.2. The maximum absolute atomic E-state index is 13.2. The predicted octanol–water partition coefficient (Wildman–Crippen LogP) is 2.54. The minimum absolute atomic E-state index is 0.0176. The van der Waals surface area contributed by atoms with Crippen molar-refractivity contribution < 1.29 is 27.1 Å². The summed E-state index contributed by atoms with van der Waals surface area (Å²) >= 11 is 0. The molecule has 0 saturated carbocycles. The van der Waals surface area contributed by atoms with Crippen molar-refractivity contribution in [2.75, 3.05) is 31.3 Å². The summed E-state index contributed by atoms with van der Waals surface area (Å²) in [5.41, 5.74) is 1.06. The Morgan fingerprint density at radius 1 is 1.12 bits per heavy atom. The van der Waals surface area contributed by atoms with Crippen LogP contribution in [0.3, 0.4) is 0 Å². The third kappa shape index (κ3) is 7.18. The fourth-order valence-corrected chi connectivity index (χ4v) is 4.37. The largest absolute Gasteiger partial charge is 0.495 e. The molecule has 180 valence electrons. The van der Waals surface area contributed by atoms with E-state index in [9.17, 15) is 22.4 Å². The van der Waals surface area contributed by atoms with Crippen LogP contribution in [-0.4, -0.2) is 58.1 Å². The van der Waals surface area contributed by atoms with Gasteiger partial charge in [0.15, 0.2) is 0 Å². The van der Waals surface area contributed by atoms with Gasteiger partial charge in [-0.3, -0.25) is 13.9 Å². The molecular formula is C23H30FN3O5S. The number of ether oxygens (including phenoxy) is 1. The molecule has 0 bridgehead atoms. The number of carbonyl (C=O) groups is 2. The normalized spacial score (nSPS) is 12.0.